The number of carbonyl (C=O) groups excluding carboxylic acids is 1. The third-order valence-corrected chi connectivity index (χ3v) is 5.65. The van der Waals surface area contributed by atoms with Crippen molar-refractivity contribution >= 4 is 5.91 Å². The van der Waals surface area contributed by atoms with E-state index in [-0.39, 0.29) is 5.92 Å². The molecule has 2 aliphatic heterocycles. The van der Waals surface area contributed by atoms with Gasteiger partial charge < -0.3 is 14.4 Å². The van der Waals surface area contributed by atoms with Crippen LogP contribution in [0.4, 0.5) is 0 Å². The van der Waals surface area contributed by atoms with Crippen LogP contribution in [0.15, 0.2) is 18.2 Å². The van der Waals surface area contributed by atoms with E-state index in [0.29, 0.717) is 5.91 Å². The highest BCUT2D eigenvalue weighted by Gasteiger charge is 2.30. The lowest BCUT2D eigenvalue weighted by Gasteiger charge is -2.35. The summed E-state index contributed by atoms with van der Waals surface area (Å²) in [6, 6.07) is 6.01. The first-order valence-electron chi connectivity index (χ1n) is 9.94. The predicted octanol–water partition coefficient (Wildman–Crippen LogP) is 3.32. The second-order valence-electron chi connectivity index (χ2n) is 7.47. The molecule has 1 atom stereocenters. The maximum absolute atomic E-state index is 13.0. The van der Waals surface area contributed by atoms with Gasteiger partial charge in [0.05, 0.1) is 20.1 Å². The molecule has 5 heteroatoms. The third-order valence-electron chi connectivity index (χ3n) is 5.65. The summed E-state index contributed by atoms with van der Waals surface area (Å²) in [5.74, 6) is 2.07. The Hall–Kier alpha value is -1.75. The fourth-order valence-electron chi connectivity index (χ4n) is 4.27. The number of methoxy groups -OCH3 is 2. The second-order valence-corrected chi connectivity index (χ2v) is 7.47. The largest absolute Gasteiger partial charge is 0.493 e. The molecule has 3 rings (SSSR count). The molecule has 1 aromatic carbocycles. The summed E-state index contributed by atoms with van der Waals surface area (Å²) in [5, 5.41) is 0. The van der Waals surface area contributed by atoms with Crippen LogP contribution >= 0.6 is 0 Å². The van der Waals surface area contributed by atoms with Crippen molar-refractivity contribution in [1.29, 1.82) is 0 Å². The smallest absolute Gasteiger partial charge is 0.226 e. The molecule has 1 amide bonds. The van der Waals surface area contributed by atoms with Crippen molar-refractivity contribution in [1.82, 2.24) is 9.80 Å². The first-order chi connectivity index (χ1) is 12.7. The molecular formula is C21H32N2O3. The number of ether oxygens (including phenoxy) is 2. The van der Waals surface area contributed by atoms with Gasteiger partial charge in [-0.05, 0) is 38.3 Å². The zero-order valence-electron chi connectivity index (χ0n) is 16.2. The Morgan fingerprint density at radius 1 is 1.04 bits per heavy atom. The Morgan fingerprint density at radius 3 is 2.50 bits per heavy atom. The molecule has 2 heterocycles. The van der Waals surface area contributed by atoms with Gasteiger partial charge in [0.25, 0.3) is 0 Å². The predicted molar refractivity (Wildman–Crippen MR) is 103 cm³/mol. The van der Waals surface area contributed by atoms with Crippen LogP contribution in [0.5, 0.6) is 11.5 Å². The number of carbonyl (C=O) groups is 1. The highest BCUT2D eigenvalue weighted by molar-refractivity contribution is 5.79. The van der Waals surface area contributed by atoms with Crippen LogP contribution in [-0.4, -0.2) is 56.1 Å². The topological polar surface area (TPSA) is 42.0 Å². The van der Waals surface area contributed by atoms with Crippen molar-refractivity contribution in [2.75, 3.05) is 40.4 Å². The number of para-hydroxylation sites is 1. The van der Waals surface area contributed by atoms with Crippen molar-refractivity contribution < 1.29 is 14.3 Å². The normalized spacial score (nSPS) is 21.9. The SMILES string of the molecule is COc1cccc(CN2CCCC(C(=O)N3CCCCCC3)C2)c1OC. The van der Waals surface area contributed by atoms with Gasteiger partial charge in [-0.3, -0.25) is 9.69 Å². The summed E-state index contributed by atoms with van der Waals surface area (Å²) in [7, 11) is 3.35. The Labute approximate surface area is 157 Å². The van der Waals surface area contributed by atoms with Gasteiger partial charge in [0.15, 0.2) is 11.5 Å². The first kappa shape index (κ1) is 19.0. The average Bonchev–Trinajstić information content (AvgIpc) is 2.97. The van der Waals surface area contributed by atoms with E-state index in [4.69, 9.17) is 9.47 Å². The quantitative estimate of drug-likeness (QED) is 0.808. The molecular weight excluding hydrogens is 328 g/mol. The van der Waals surface area contributed by atoms with Crippen LogP contribution in [-0.2, 0) is 11.3 Å². The molecule has 1 unspecified atom stereocenters. The number of amides is 1. The lowest BCUT2D eigenvalue weighted by atomic mass is 9.95. The Balaban J connectivity index is 1.64. The molecule has 2 aliphatic rings. The van der Waals surface area contributed by atoms with Gasteiger partial charge in [0.2, 0.25) is 5.91 Å². The number of likely N-dealkylation sites (tertiary alicyclic amines) is 2. The minimum atomic E-state index is 0.137. The van der Waals surface area contributed by atoms with Crippen LogP contribution in [0.1, 0.15) is 44.1 Å². The highest BCUT2D eigenvalue weighted by Crippen LogP contribution is 2.32. The fourth-order valence-corrected chi connectivity index (χ4v) is 4.27. The minimum absolute atomic E-state index is 0.137. The van der Waals surface area contributed by atoms with Gasteiger partial charge in [0.1, 0.15) is 0 Å². The van der Waals surface area contributed by atoms with E-state index in [0.717, 1.165) is 75.5 Å². The van der Waals surface area contributed by atoms with Crippen molar-refractivity contribution in [3.05, 3.63) is 23.8 Å². The maximum atomic E-state index is 13.0. The highest BCUT2D eigenvalue weighted by atomic mass is 16.5. The minimum Gasteiger partial charge on any atom is -0.493 e. The van der Waals surface area contributed by atoms with E-state index in [9.17, 15) is 4.79 Å². The van der Waals surface area contributed by atoms with Crippen molar-refractivity contribution in [3.63, 3.8) is 0 Å². The van der Waals surface area contributed by atoms with Gasteiger partial charge in [-0.1, -0.05) is 25.0 Å². The van der Waals surface area contributed by atoms with Crippen molar-refractivity contribution in [2.24, 2.45) is 5.92 Å². The first-order valence-corrected chi connectivity index (χ1v) is 9.94. The van der Waals surface area contributed by atoms with Gasteiger partial charge >= 0.3 is 0 Å². The summed E-state index contributed by atoms with van der Waals surface area (Å²) in [5.41, 5.74) is 1.12. The number of piperidine rings is 1. The molecule has 26 heavy (non-hydrogen) atoms. The molecule has 0 radical (unpaired) electrons. The van der Waals surface area contributed by atoms with E-state index in [2.05, 4.69) is 15.9 Å². The second kappa shape index (κ2) is 9.26. The molecule has 0 aliphatic carbocycles. The fraction of sp³-hybridized carbons (Fsp3) is 0.667. The van der Waals surface area contributed by atoms with E-state index >= 15 is 0 Å². The van der Waals surface area contributed by atoms with E-state index in [1.807, 2.05) is 12.1 Å². The number of hydrogen-bond donors (Lipinski definition) is 0. The summed E-state index contributed by atoms with van der Waals surface area (Å²) in [4.78, 5) is 17.5. The van der Waals surface area contributed by atoms with Gasteiger partial charge in [0, 0.05) is 31.7 Å². The summed E-state index contributed by atoms with van der Waals surface area (Å²) in [6.07, 6.45) is 6.93. The lowest BCUT2D eigenvalue weighted by molar-refractivity contribution is -0.137. The van der Waals surface area contributed by atoms with Crippen molar-refractivity contribution in [2.45, 2.75) is 45.1 Å². The molecule has 0 spiro atoms. The van der Waals surface area contributed by atoms with Gasteiger partial charge in [-0.15, -0.1) is 0 Å². The number of rotatable bonds is 5. The van der Waals surface area contributed by atoms with Crippen LogP contribution < -0.4 is 9.47 Å². The molecule has 2 saturated heterocycles. The van der Waals surface area contributed by atoms with E-state index in [1.165, 1.54) is 12.8 Å². The zero-order valence-corrected chi connectivity index (χ0v) is 16.2. The number of benzene rings is 1. The van der Waals surface area contributed by atoms with Gasteiger partial charge in [-0.25, -0.2) is 0 Å². The zero-order chi connectivity index (χ0) is 18.4. The molecule has 1 aromatic rings. The standard InChI is InChI=1S/C21H32N2O3/c1-25-19-11-7-9-17(20(19)26-2)15-22-12-8-10-18(16-22)21(24)23-13-5-3-4-6-14-23/h7,9,11,18H,3-6,8,10,12-16H2,1-2H3. The lowest BCUT2D eigenvalue weighted by Crippen LogP contribution is -2.44. The summed E-state index contributed by atoms with van der Waals surface area (Å²) in [6.45, 7) is 4.56. The number of nitrogens with zero attached hydrogens (tertiary/aromatic N) is 2. The summed E-state index contributed by atoms with van der Waals surface area (Å²) < 4.78 is 11.0. The van der Waals surface area contributed by atoms with Crippen molar-refractivity contribution in [3.8, 4) is 11.5 Å². The van der Waals surface area contributed by atoms with Crippen LogP contribution in [0.3, 0.4) is 0 Å². The van der Waals surface area contributed by atoms with E-state index in [1.54, 1.807) is 14.2 Å². The van der Waals surface area contributed by atoms with Gasteiger partial charge in [-0.2, -0.15) is 0 Å². The molecule has 2 fully saturated rings. The Morgan fingerprint density at radius 2 is 1.81 bits per heavy atom. The molecule has 0 N–H and O–H groups in total. The third kappa shape index (κ3) is 4.50. The Kier molecular flexibility index (Phi) is 6.78. The molecule has 144 valence electrons. The molecule has 5 nitrogen and oxygen atoms in total. The molecule has 0 bridgehead atoms. The Bertz CT molecular complexity index is 597. The van der Waals surface area contributed by atoms with Crippen LogP contribution in [0.25, 0.3) is 0 Å². The summed E-state index contributed by atoms with van der Waals surface area (Å²) >= 11 is 0. The number of hydrogen-bond acceptors (Lipinski definition) is 4. The van der Waals surface area contributed by atoms with E-state index < -0.39 is 0 Å². The van der Waals surface area contributed by atoms with Crippen LogP contribution in [0, 0.1) is 5.92 Å². The molecule has 0 aromatic heterocycles. The monoisotopic (exact) mass is 360 g/mol. The average molecular weight is 360 g/mol. The maximum Gasteiger partial charge on any atom is 0.226 e. The van der Waals surface area contributed by atoms with Crippen LogP contribution in [0.2, 0.25) is 0 Å². The molecule has 0 saturated carbocycles.